The van der Waals surface area contributed by atoms with E-state index in [0.29, 0.717) is 5.69 Å². The highest BCUT2D eigenvalue weighted by molar-refractivity contribution is 7.07. The molecule has 0 bridgehead atoms. The Balaban J connectivity index is 1.88. The van der Waals surface area contributed by atoms with E-state index >= 15 is 0 Å². The van der Waals surface area contributed by atoms with Crippen molar-refractivity contribution in [1.82, 2.24) is 19.9 Å². The third kappa shape index (κ3) is 2.28. The minimum absolute atomic E-state index is 0.0282. The number of nitrogens with two attached hydrogens (primary N) is 1. The van der Waals surface area contributed by atoms with Crippen LogP contribution in [0.2, 0.25) is 0 Å². The molecule has 0 unspecified atom stereocenters. The minimum atomic E-state index is -0.0408. The topological polar surface area (TPSA) is 85.0 Å². The lowest BCUT2D eigenvalue weighted by Gasteiger charge is -2.23. The number of hydrogen-bond donors (Lipinski definition) is 1. The maximum absolute atomic E-state index is 12.4. The van der Waals surface area contributed by atoms with Crippen LogP contribution >= 0.6 is 11.3 Å². The Labute approximate surface area is 114 Å². The Morgan fingerprint density at radius 2 is 2.37 bits per heavy atom. The molecular formula is C12H13N5OS. The molecule has 1 amide bonds. The summed E-state index contributed by atoms with van der Waals surface area (Å²) >= 11 is 1.42. The van der Waals surface area contributed by atoms with Crippen molar-refractivity contribution in [2.75, 3.05) is 12.3 Å². The Kier molecular flexibility index (Phi) is 3.12. The Morgan fingerprint density at radius 1 is 1.47 bits per heavy atom. The van der Waals surface area contributed by atoms with Crippen molar-refractivity contribution >= 4 is 23.2 Å². The maximum Gasteiger partial charge on any atom is 0.273 e. The first kappa shape index (κ1) is 12.0. The summed E-state index contributed by atoms with van der Waals surface area (Å²) < 4.78 is 0. The van der Waals surface area contributed by atoms with Gasteiger partial charge in [-0.3, -0.25) is 4.79 Å². The van der Waals surface area contributed by atoms with Crippen LogP contribution in [-0.4, -0.2) is 32.3 Å². The fourth-order valence-electron chi connectivity index (χ4n) is 2.36. The van der Waals surface area contributed by atoms with Crippen molar-refractivity contribution in [1.29, 1.82) is 0 Å². The van der Waals surface area contributed by atoms with E-state index in [-0.39, 0.29) is 17.9 Å². The molecule has 7 heteroatoms. The lowest BCUT2D eigenvalue weighted by molar-refractivity contribution is 0.0727. The van der Waals surface area contributed by atoms with Crippen LogP contribution in [0, 0.1) is 0 Å². The third-order valence-corrected chi connectivity index (χ3v) is 3.79. The van der Waals surface area contributed by atoms with Gasteiger partial charge in [-0.2, -0.15) is 0 Å². The van der Waals surface area contributed by atoms with Gasteiger partial charge < -0.3 is 10.6 Å². The minimum Gasteiger partial charge on any atom is -0.368 e. The molecule has 6 nitrogen and oxygen atoms in total. The van der Waals surface area contributed by atoms with Crippen LogP contribution in [0.25, 0.3) is 0 Å². The first-order valence-corrected chi connectivity index (χ1v) is 6.97. The van der Waals surface area contributed by atoms with E-state index in [1.807, 2.05) is 11.0 Å². The quantitative estimate of drug-likeness (QED) is 0.897. The number of nitrogens with zero attached hydrogens (tertiary/aromatic N) is 4. The van der Waals surface area contributed by atoms with Gasteiger partial charge in [-0.05, 0) is 18.9 Å². The van der Waals surface area contributed by atoms with Crippen LogP contribution < -0.4 is 5.73 Å². The molecule has 2 aromatic rings. The molecule has 1 fully saturated rings. The molecule has 0 saturated carbocycles. The molecule has 0 spiro atoms. The predicted molar refractivity (Wildman–Crippen MR) is 71.6 cm³/mol. The molecule has 2 aromatic heterocycles. The van der Waals surface area contributed by atoms with E-state index in [9.17, 15) is 4.79 Å². The van der Waals surface area contributed by atoms with Crippen molar-refractivity contribution in [2.24, 2.45) is 0 Å². The van der Waals surface area contributed by atoms with Crippen molar-refractivity contribution in [2.45, 2.75) is 18.9 Å². The lowest BCUT2D eigenvalue weighted by Crippen LogP contribution is -2.31. The number of aromatic nitrogens is 3. The molecular weight excluding hydrogens is 262 g/mol. The predicted octanol–water partition coefficient (Wildman–Crippen LogP) is 1.49. The standard InChI is InChI=1S/C12H13N5OS/c13-12-14-4-3-8(16-12)10-2-1-5-17(10)11(18)9-6-19-7-15-9/h3-4,6-7,10H,1-2,5H2,(H2,13,14,16)/t10-/m0/s1. The van der Waals surface area contributed by atoms with E-state index < -0.39 is 0 Å². The Bertz CT molecular complexity index is 586. The van der Waals surface area contributed by atoms with Crippen molar-refractivity contribution < 1.29 is 4.79 Å². The maximum atomic E-state index is 12.4. The molecule has 3 rings (SSSR count). The SMILES string of the molecule is Nc1nccc([C@@H]2CCCN2C(=O)c2cscn2)n1. The fraction of sp³-hybridized carbons (Fsp3) is 0.333. The van der Waals surface area contributed by atoms with E-state index in [1.165, 1.54) is 11.3 Å². The molecule has 2 N–H and O–H groups in total. The number of thiazole rings is 1. The van der Waals surface area contributed by atoms with Gasteiger partial charge in [-0.1, -0.05) is 0 Å². The smallest absolute Gasteiger partial charge is 0.273 e. The van der Waals surface area contributed by atoms with E-state index in [0.717, 1.165) is 25.1 Å². The van der Waals surface area contributed by atoms with Gasteiger partial charge in [0.25, 0.3) is 5.91 Å². The lowest BCUT2D eigenvalue weighted by atomic mass is 10.1. The highest BCUT2D eigenvalue weighted by atomic mass is 32.1. The van der Waals surface area contributed by atoms with E-state index in [2.05, 4.69) is 15.0 Å². The molecule has 0 aromatic carbocycles. The highest BCUT2D eigenvalue weighted by Gasteiger charge is 2.32. The van der Waals surface area contributed by atoms with Gasteiger partial charge >= 0.3 is 0 Å². The van der Waals surface area contributed by atoms with E-state index in [4.69, 9.17) is 5.73 Å². The summed E-state index contributed by atoms with van der Waals surface area (Å²) in [6.07, 6.45) is 3.48. The van der Waals surface area contributed by atoms with Crippen molar-refractivity contribution in [3.63, 3.8) is 0 Å². The molecule has 1 atom stereocenters. The van der Waals surface area contributed by atoms with Gasteiger partial charge in [0.15, 0.2) is 0 Å². The highest BCUT2D eigenvalue weighted by Crippen LogP contribution is 2.32. The molecule has 1 aliphatic heterocycles. The number of carbonyl (C=O) groups excluding carboxylic acids is 1. The zero-order chi connectivity index (χ0) is 13.2. The first-order chi connectivity index (χ1) is 9.25. The summed E-state index contributed by atoms with van der Waals surface area (Å²) in [6, 6.07) is 1.78. The summed E-state index contributed by atoms with van der Waals surface area (Å²) in [4.78, 5) is 26.4. The van der Waals surface area contributed by atoms with Crippen LogP contribution in [0.15, 0.2) is 23.2 Å². The molecule has 19 heavy (non-hydrogen) atoms. The van der Waals surface area contributed by atoms with Crippen LogP contribution in [0.3, 0.4) is 0 Å². The fourth-order valence-corrected chi connectivity index (χ4v) is 2.88. The van der Waals surface area contributed by atoms with Crippen molar-refractivity contribution in [3.8, 4) is 0 Å². The zero-order valence-electron chi connectivity index (χ0n) is 10.2. The molecule has 1 aliphatic rings. The van der Waals surface area contributed by atoms with Gasteiger partial charge in [-0.25, -0.2) is 15.0 Å². The summed E-state index contributed by atoms with van der Waals surface area (Å²) in [5.41, 5.74) is 8.57. The van der Waals surface area contributed by atoms with Gasteiger partial charge in [0.05, 0.1) is 17.2 Å². The number of amides is 1. The molecule has 1 saturated heterocycles. The molecule has 98 valence electrons. The summed E-state index contributed by atoms with van der Waals surface area (Å²) in [5.74, 6) is 0.200. The number of carbonyl (C=O) groups is 1. The average molecular weight is 275 g/mol. The average Bonchev–Trinajstić information content (AvgIpc) is 3.09. The second kappa shape index (κ2) is 4.93. The summed E-state index contributed by atoms with van der Waals surface area (Å²) in [7, 11) is 0. The van der Waals surface area contributed by atoms with Crippen LogP contribution in [-0.2, 0) is 0 Å². The first-order valence-electron chi connectivity index (χ1n) is 6.03. The third-order valence-electron chi connectivity index (χ3n) is 3.20. The van der Waals surface area contributed by atoms with Crippen LogP contribution in [0.1, 0.15) is 35.1 Å². The van der Waals surface area contributed by atoms with Crippen LogP contribution in [0.5, 0.6) is 0 Å². The van der Waals surface area contributed by atoms with Crippen LogP contribution in [0.4, 0.5) is 5.95 Å². The normalized spacial score (nSPS) is 18.7. The Morgan fingerprint density at radius 3 is 3.11 bits per heavy atom. The largest absolute Gasteiger partial charge is 0.368 e. The molecule has 0 aliphatic carbocycles. The monoisotopic (exact) mass is 275 g/mol. The van der Waals surface area contributed by atoms with Gasteiger partial charge in [0.2, 0.25) is 5.95 Å². The number of hydrogen-bond acceptors (Lipinski definition) is 6. The van der Waals surface area contributed by atoms with Gasteiger partial charge in [-0.15, -0.1) is 11.3 Å². The van der Waals surface area contributed by atoms with Crippen molar-refractivity contribution in [3.05, 3.63) is 34.5 Å². The Hall–Kier alpha value is -2.02. The molecule has 3 heterocycles. The summed E-state index contributed by atoms with van der Waals surface area (Å²) in [6.45, 7) is 0.727. The number of rotatable bonds is 2. The van der Waals surface area contributed by atoms with Gasteiger partial charge in [0, 0.05) is 18.1 Å². The van der Waals surface area contributed by atoms with E-state index in [1.54, 1.807) is 17.1 Å². The van der Waals surface area contributed by atoms with Gasteiger partial charge in [0.1, 0.15) is 5.69 Å². The number of likely N-dealkylation sites (tertiary alicyclic amines) is 1. The number of nitrogen functional groups attached to an aromatic ring is 1. The summed E-state index contributed by atoms with van der Waals surface area (Å²) in [5, 5.41) is 1.77. The second-order valence-electron chi connectivity index (χ2n) is 4.37. The number of anilines is 1. The molecule has 0 radical (unpaired) electrons. The zero-order valence-corrected chi connectivity index (χ0v) is 11.0. The second-order valence-corrected chi connectivity index (χ2v) is 5.09.